The third-order valence-electron chi connectivity index (χ3n) is 5.19. The number of hydrogen-bond acceptors (Lipinski definition) is 4. The van der Waals surface area contributed by atoms with E-state index in [0.29, 0.717) is 32.3 Å². The van der Waals surface area contributed by atoms with Gasteiger partial charge in [0, 0.05) is 33.2 Å². The van der Waals surface area contributed by atoms with Gasteiger partial charge in [-0.25, -0.2) is 8.42 Å². The van der Waals surface area contributed by atoms with Gasteiger partial charge in [0.25, 0.3) is 0 Å². The Kier molecular flexibility index (Phi) is 10.7. The van der Waals surface area contributed by atoms with Crippen LogP contribution in [0.4, 0.5) is 5.69 Å². The lowest BCUT2D eigenvalue weighted by molar-refractivity contribution is -0.139. The molecule has 1 N–H and O–H groups in total. The minimum atomic E-state index is -3.82. The van der Waals surface area contributed by atoms with Gasteiger partial charge in [-0.1, -0.05) is 54.7 Å². The summed E-state index contributed by atoms with van der Waals surface area (Å²) in [4.78, 5) is 27.6. The van der Waals surface area contributed by atoms with E-state index in [4.69, 9.17) is 23.2 Å². The summed E-state index contributed by atoms with van der Waals surface area (Å²) in [5.41, 5.74) is 0.785. The molecule has 0 heterocycles. The Balaban J connectivity index is 2.42. The molecule has 7 nitrogen and oxygen atoms in total. The zero-order chi connectivity index (χ0) is 25.5. The summed E-state index contributed by atoms with van der Waals surface area (Å²) in [6, 6.07) is 10.8. The molecule has 2 rings (SSSR count). The van der Waals surface area contributed by atoms with Crippen LogP contribution in [0.25, 0.3) is 0 Å². The normalized spacial score (nSPS) is 12.2. The van der Waals surface area contributed by atoms with E-state index < -0.39 is 28.5 Å². The van der Waals surface area contributed by atoms with Crippen LogP contribution in [0.15, 0.2) is 46.9 Å². The van der Waals surface area contributed by atoms with Crippen molar-refractivity contribution >= 4 is 66.7 Å². The highest BCUT2D eigenvalue weighted by atomic mass is 79.9. The summed E-state index contributed by atoms with van der Waals surface area (Å²) in [6.45, 7) is 3.50. The molecule has 2 aromatic carbocycles. The number of sulfonamides is 1. The second-order valence-electron chi connectivity index (χ2n) is 7.76. The zero-order valence-electron chi connectivity index (χ0n) is 19.2. The molecule has 0 saturated heterocycles. The molecule has 2 amide bonds. The molecule has 0 spiro atoms. The predicted octanol–water partition coefficient (Wildman–Crippen LogP) is 4.86. The van der Waals surface area contributed by atoms with Crippen molar-refractivity contribution in [1.29, 1.82) is 0 Å². The third kappa shape index (κ3) is 7.60. The average Bonchev–Trinajstić information content (AvgIpc) is 2.76. The number of halogens is 3. The maximum Gasteiger partial charge on any atom is 0.244 e. The lowest BCUT2D eigenvalue weighted by atomic mass is 10.1. The fourth-order valence-corrected chi connectivity index (χ4v) is 5.22. The molecule has 0 aliphatic carbocycles. The van der Waals surface area contributed by atoms with E-state index in [9.17, 15) is 18.0 Å². The number of anilines is 1. The van der Waals surface area contributed by atoms with Crippen LogP contribution in [0.1, 0.15) is 32.3 Å². The maximum absolute atomic E-state index is 13.5. The number of hydrogen-bond donors (Lipinski definition) is 1. The number of unbranched alkanes of at least 4 members (excludes halogenated alkanes) is 1. The third-order valence-corrected chi connectivity index (χ3v) is 7.69. The van der Waals surface area contributed by atoms with E-state index in [1.807, 2.05) is 6.92 Å². The number of benzene rings is 2. The molecule has 0 aliphatic heterocycles. The van der Waals surface area contributed by atoms with Crippen LogP contribution in [-0.2, 0) is 26.2 Å². The molecule has 1 atom stereocenters. The Morgan fingerprint density at radius 3 is 2.26 bits per heavy atom. The number of rotatable bonds is 11. The first-order valence-corrected chi connectivity index (χ1v) is 14.1. The largest absolute Gasteiger partial charge is 0.354 e. The van der Waals surface area contributed by atoms with Crippen molar-refractivity contribution in [2.45, 2.75) is 39.3 Å². The van der Waals surface area contributed by atoms with Crippen LogP contribution < -0.4 is 9.62 Å². The molecule has 0 aliphatic rings. The van der Waals surface area contributed by atoms with Crippen LogP contribution in [0.2, 0.25) is 10.0 Å². The van der Waals surface area contributed by atoms with E-state index in [1.54, 1.807) is 49.4 Å². The molecule has 0 radical (unpaired) electrons. The lowest BCUT2D eigenvalue weighted by Gasteiger charge is -2.32. The number of nitrogens with one attached hydrogen (secondary N) is 1. The number of amides is 2. The van der Waals surface area contributed by atoms with Crippen LogP contribution in [0.5, 0.6) is 0 Å². The second-order valence-corrected chi connectivity index (χ2v) is 11.3. The van der Waals surface area contributed by atoms with E-state index in [0.717, 1.165) is 23.4 Å². The number of nitrogens with zero attached hydrogens (tertiary/aromatic N) is 2. The van der Waals surface area contributed by atoms with Gasteiger partial charge in [-0.05, 0) is 53.5 Å². The average molecular weight is 593 g/mol. The molecule has 34 heavy (non-hydrogen) atoms. The van der Waals surface area contributed by atoms with E-state index in [-0.39, 0.29) is 12.5 Å². The number of carbonyl (C=O) groups excluding carboxylic acids is 2. The molecular formula is C23H28BrCl2N3O4S. The summed E-state index contributed by atoms with van der Waals surface area (Å²) in [7, 11) is -3.82. The topological polar surface area (TPSA) is 86.8 Å². The van der Waals surface area contributed by atoms with Gasteiger partial charge in [-0.3, -0.25) is 13.9 Å². The Morgan fingerprint density at radius 1 is 1.09 bits per heavy atom. The van der Waals surface area contributed by atoms with Gasteiger partial charge in [0.2, 0.25) is 21.8 Å². The molecule has 2 aromatic rings. The quantitative estimate of drug-likeness (QED) is 0.378. The van der Waals surface area contributed by atoms with Crippen molar-refractivity contribution < 1.29 is 18.0 Å². The van der Waals surface area contributed by atoms with Crippen molar-refractivity contribution in [3.63, 3.8) is 0 Å². The number of carbonyl (C=O) groups is 2. The monoisotopic (exact) mass is 591 g/mol. The Labute approximate surface area is 219 Å². The first-order valence-electron chi connectivity index (χ1n) is 10.7. The zero-order valence-corrected chi connectivity index (χ0v) is 23.1. The first-order chi connectivity index (χ1) is 16.0. The summed E-state index contributed by atoms with van der Waals surface area (Å²) in [5.74, 6) is -0.924. The summed E-state index contributed by atoms with van der Waals surface area (Å²) in [5, 5.41) is 3.50. The van der Waals surface area contributed by atoms with Crippen molar-refractivity contribution in [2.75, 3.05) is 23.7 Å². The molecule has 0 aromatic heterocycles. The van der Waals surface area contributed by atoms with Crippen LogP contribution in [0.3, 0.4) is 0 Å². The van der Waals surface area contributed by atoms with Crippen LogP contribution >= 0.6 is 39.1 Å². The molecule has 0 fully saturated rings. The summed E-state index contributed by atoms with van der Waals surface area (Å²) < 4.78 is 26.7. The summed E-state index contributed by atoms with van der Waals surface area (Å²) >= 11 is 16.0. The van der Waals surface area contributed by atoms with Gasteiger partial charge >= 0.3 is 0 Å². The van der Waals surface area contributed by atoms with Gasteiger partial charge in [0.1, 0.15) is 12.6 Å². The van der Waals surface area contributed by atoms with Crippen molar-refractivity contribution in [1.82, 2.24) is 10.2 Å². The van der Waals surface area contributed by atoms with Gasteiger partial charge in [0.05, 0.1) is 11.9 Å². The van der Waals surface area contributed by atoms with Gasteiger partial charge in [-0.15, -0.1) is 0 Å². The molecular weight excluding hydrogens is 565 g/mol. The van der Waals surface area contributed by atoms with Gasteiger partial charge in [-0.2, -0.15) is 0 Å². The van der Waals surface area contributed by atoms with Crippen molar-refractivity contribution in [2.24, 2.45) is 0 Å². The fraction of sp³-hybridized carbons (Fsp3) is 0.391. The second kappa shape index (κ2) is 12.8. The maximum atomic E-state index is 13.5. The Morgan fingerprint density at radius 2 is 1.71 bits per heavy atom. The Hall–Kier alpha value is -1.81. The van der Waals surface area contributed by atoms with Crippen LogP contribution in [0, 0.1) is 0 Å². The van der Waals surface area contributed by atoms with E-state index in [2.05, 4.69) is 21.2 Å². The fourth-order valence-electron chi connectivity index (χ4n) is 3.22. The first kappa shape index (κ1) is 28.4. The molecule has 11 heteroatoms. The van der Waals surface area contributed by atoms with Crippen molar-refractivity contribution in [3.05, 3.63) is 62.5 Å². The molecule has 0 unspecified atom stereocenters. The highest BCUT2D eigenvalue weighted by Gasteiger charge is 2.31. The number of para-hydroxylation sites is 1. The molecule has 0 bridgehead atoms. The molecule has 0 saturated carbocycles. The van der Waals surface area contributed by atoms with Gasteiger partial charge < -0.3 is 10.2 Å². The minimum Gasteiger partial charge on any atom is -0.354 e. The summed E-state index contributed by atoms with van der Waals surface area (Å²) in [6.07, 6.45) is 2.73. The highest BCUT2D eigenvalue weighted by molar-refractivity contribution is 9.10. The highest BCUT2D eigenvalue weighted by Crippen LogP contribution is 2.29. The SMILES string of the molecule is CCCCNC(=O)[C@@H](C)N(Cc1c(Cl)cccc1Cl)C(=O)CN(c1ccccc1Br)S(C)(=O)=O. The lowest BCUT2D eigenvalue weighted by Crippen LogP contribution is -2.51. The minimum absolute atomic E-state index is 0.0622. The standard InChI is InChI=1S/C23H28BrCl2N3O4S/c1-4-5-13-27-23(31)16(2)28(14-17-19(25)10-8-11-20(17)26)22(30)15-29(34(3,32)33)21-12-7-6-9-18(21)24/h6-12,16H,4-5,13-15H2,1-3H3,(H,27,31)/t16-/m1/s1. The van der Waals surface area contributed by atoms with E-state index in [1.165, 1.54) is 4.90 Å². The predicted molar refractivity (Wildman–Crippen MR) is 141 cm³/mol. The van der Waals surface area contributed by atoms with Gasteiger partial charge in [0.15, 0.2) is 0 Å². The molecule has 186 valence electrons. The Bertz CT molecular complexity index is 1110. The van der Waals surface area contributed by atoms with Crippen LogP contribution in [-0.4, -0.2) is 50.5 Å². The van der Waals surface area contributed by atoms with Crippen molar-refractivity contribution in [3.8, 4) is 0 Å². The smallest absolute Gasteiger partial charge is 0.244 e. The van der Waals surface area contributed by atoms with E-state index >= 15 is 0 Å².